The lowest BCUT2D eigenvalue weighted by molar-refractivity contribution is -0.156. The number of rotatable bonds is 21. The van der Waals surface area contributed by atoms with E-state index in [4.69, 9.17) is 16.2 Å². The van der Waals surface area contributed by atoms with Crippen molar-refractivity contribution in [3.05, 3.63) is 24.8 Å². The Balaban J connectivity index is 3.25. The van der Waals surface area contributed by atoms with Gasteiger partial charge in [-0.05, 0) is 114 Å². The quantitative estimate of drug-likeness (QED) is 0.0490. The van der Waals surface area contributed by atoms with E-state index in [0.717, 1.165) is 0 Å². The van der Waals surface area contributed by atoms with Crippen LogP contribution < -0.4 is 38.1 Å². The minimum Gasteiger partial charge on any atom is -0.506 e. The first-order valence-electron chi connectivity index (χ1n) is 18.2. The first kappa shape index (κ1) is 50.4. The molecule has 0 aliphatic carbocycles. The van der Waals surface area contributed by atoms with Gasteiger partial charge >= 0.3 is 5.97 Å². The summed E-state index contributed by atoms with van der Waals surface area (Å²) in [5, 5.41) is 22.6. The third-order valence-electron chi connectivity index (χ3n) is 8.04. The normalized spacial score (nSPS) is 14.8. The van der Waals surface area contributed by atoms with E-state index in [-0.39, 0.29) is 24.5 Å². The highest BCUT2D eigenvalue weighted by Gasteiger charge is 2.36. The molecule has 0 aliphatic heterocycles. The molecular weight excluding hydrogens is 956 g/mol. The van der Waals surface area contributed by atoms with Crippen LogP contribution in [-0.4, -0.2) is 94.7 Å². The van der Waals surface area contributed by atoms with Crippen LogP contribution in [0, 0.1) is 24.9 Å². The third kappa shape index (κ3) is 17.7. The molecule has 0 heterocycles. The highest BCUT2D eigenvalue weighted by molar-refractivity contribution is 14.1. The number of primary amides is 1. The van der Waals surface area contributed by atoms with Crippen molar-refractivity contribution in [3.8, 4) is 5.75 Å². The average Bonchev–Trinajstić information content (AvgIpc) is 3.05. The fraction of sp³-hybridized carbons (Fsp3) is 0.622. The lowest BCUT2D eigenvalue weighted by Crippen LogP contribution is -2.61. The number of ether oxygens (including phenoxy) is 1. The number of carbonyl (C=O) groups excluding carboxylic acids is 8. The van der Waals surface area contributed by atoms with Gasteiger partial charge in [-0.15, -0.1) is 0 Å². The second kappa shape index (κ2) is 23.0. The van der Waals surface area contributed by atoms with E-state index >= 15 is 0 Å². The highest BCUT2D eigenvalue weighted by Crippen LogP contribution is 2.27. The SMILES string of the molecule is CC(C)C[C@@H](C=O)NC(=O)[C@H](CC(=O)OC(C)(C)C)NC(=O)[C@H](CC(N)=O)NC(=O)[C@@H](NC(=O)[C@@H](NC(=O)[C@@H](N)Cc1cc(I)c(O)c(I)c1)C(C)C)C(C)C. The first-order valence-corrected chi connectivity index (χ1v) is 20.3. The van der Waals surface area contributed by atoms with E-state index in [2.05, 4.69) is 26.6 Å². The third-order valence-corrected chi connectivity index (χ3v) is 9.69. The molecule has 19 heteroatoms. The Bertz CT molecular complexity index is 1580. The number of phenolic OH excluding ortho intramolecular Hbond substituents is 1. The van der Waals surface area contributed by atoms with E-state index in [1.54, 1.807) is 60.6 Å². The molecule has 0 saturated heterocycles. The van der Waals surface area contributed by atoms with Gasteiger partial charge in [-0.1, -0.05) is 41.5 Å². The number of phenols is 1. The molecule has 0 aromatic heterocycles. The Morgan fingerprint density at radius 3 is 1.64 bits per heavy atom. The summed E-state index contributed by atoms with van der Waals surface area (Å²) in [6.07, 6.45) is -0.450. The molecule has 1 aromatic carbocycles. The van der Waals surface area contributed by atoms with Crippen molar-refractivity contribution in [2.24, 2.45) is 29.2 Å². The van der Waals surface area contributed by atoms with Gasteiger partial charge in [0, 0.05) is 0 Å². The van der Waals surface area contributed by atoms with E-state index in [0.29, 0.717) is 19.0 Å². The van der Waals surface area contributed by atoms with Crippen molar-refractivity contribution >= 4 is 92.9 Å². The number of esters is 1. The van der Waals surface area contributed by atoms with Gasteiger partial charge in [-0.3, -0.25) is 33.6 Å². The number of aldehydes is 1. The number of amides is 6. The van der Waals surface area contributed by atoms with Crippen molar-refractivity contribution in [2.75, 3.05) is 0 Å². The Kier molecular flexibility index (Phi) is 20.7. The summed E-state index contributed by atoms with van der Waals surface area (Å²) >= 11 is 3.93. The minimum absolute atomic E-state index is 0.0171. The topological polar surface area (TPSA) is 278 Å². The van der Waals surface area contributed by atoms with Crippen LogP contribution in [0.1, 0.15) is 87.1 Å². The van der Waals surface area contributed by atoms with Gasteiger partial charge in [0.15, 0.2) is 0 Å². The molecule has 56 heavy (non-hydrogen) atoms. The Labute approximate surface area is 355 Å². The predicted octanol–water partition coefficient (Wildman–Crippen LogP) is 1.06. The Hall–Kier alpha value is -3.60. The molecule has 6 amide bonds. The van der Waals surface area contributed by atoms with Crippen molar-refractivity contribution in [2.45, 2.75) is 130 Å². The highest BCUT2D eigenvalue weighted by atomic mass is 127. The molecule has 0 spiro atoms. The number of benzene rings is 1. The number of nitrogens with two attached hydrogens (primary N) is 2. The number of halogens is 2. The molecule has 1 aromatic rings. The Morgan fingerprint density at radius 2 is 1.20 bits per heavy atom. The van der Waals surface area contributed by atoms with Crippen molar-refractivity contribution in [1.29, 1.82) is 0 Å². The van der Waals surface area contributed by atoms with Gasteiger partial charge < -0.3 is 52.7 Å². The lowest BCUT2D eigenvalue weighted by Gasteiger charge is -2.29. The average molecular weight is 1010 g/mol. The zero-order valence-electron chi connectivity index (χ0n) is 33.3. The molecule has 314 valence electrons. The van der Waals surface area contributed by atoms with Crippen LogP contribution in [0.25, 0.3) is 0 Å². The molecule has 0 unspecified atom stereocenters. The molecule has 0 bridgehead atoms. The number of hydrogen-bond donors (Lipinski definition) is 8. The van der Waals surface area contributed by atoms with Crippen LogP contribution >= 0.6 is 45.2 Å². The maximum Gasteiger partial charge on any atom is 0.308 e. The van der Waals surface area contributed by atoms with Gasteiger partial charge in [0.2, 0.25) is 35.4 Å². The molecule has 17 nitrogen and oxygen atoms in total. The summed E-state index contributed by atoms with van der Waals surface area (Å²) < 4.78 is 6.49. The van der Waals surface area contributed by atoms with Gasteiger partial charge in [0.25, 0.3) is 0 Å². The summed E-state index contributed by atoms with van der Waals surface area (Å²) in [6.45, 7) is 15.1. The van der Waals surface area contributed by atoms with Gasteiger partial charge in [0.1, 0.15) is 41.8 Å². The second-order valence-corrected chi connectivity index (χ2v) is 18.0. The van der Waals surface area contributed by atoms with Crippen LogP contribution in [0.4, 0.5) is 0 Å². The van der Waals surface area contributed by atoms with Crippen molar-refractivity contribution in [1.82, 2.24) is 26.6 Å². The maximum atomic E-state index is 13.7. The molecule has 6 atom stereocenters. The van der Waals surface area contributed by atoms with Crippen molar-refractivity contribution in [3.63, 3.8) is 0 Å². The van der Waals surface area contributed by atoms with Gasteiger partial charge in [-0.2, -0.15) is 0 Å². The van der Waals surface area contributed by atoms with Crippen LogP contribution in [0.15, 0.2) is 12.1 Å². The zero-order chi connectivity index (χ0) is 43.2. The number of aromatic hydroxyl groups is 1. The van der Waals surface area contributed by atoms with Crippen LogP contribution in [0.3, 0.4) is 0 Å². The zero-order valence-corrected chi connectivity index (χ0v) is 37.6. The standard InChI is InChI=1S/C37H57I2N7O10/c1-17(2)10-21(16-47)42-33(52)26(15-28(49)56-37(7,8)9)43-34(53)25(14-27(41)48)44-35(54)29(18(3)4)46-36(55)30(19(5)6)45-32(51)24(40)13-20-11-22(38)31(50)23(39)12-20/h11-12,16-19,21,24-26,29-30,50H,10,13-15,40H2,1-9H3,(H2,41,48)(H,42,52)(H,43,53)(H,44,54)(H,45,51)(H,46,55)/t21-,24-,25-,26-,29-,30-/m0/s1. The number of hydrogen-bond acceptors (Lipinski definition) is 11. The lowest BCUT2D eigenvalue weighted by atomic mass is 9.98. The second-order valence-electron chi connectivity index (χ2n) is 15.6. The molecule has 0 saturated carbocycles. The molecular formula is C37H57I2N7O10. The smallest absolute Gasteiger partial charge is 0.308 e. The molecule has 0 radical (unpaired) electrons. The monoisotopic (exact) mass is 1010 g/mol. The van der Waals surface area contributed by atoms with Crippen LogP contribution in [-0.2, 0) is 49.5 Å². The van der Waals surface area contributed by atoms with E-state index < -0.39 is 108 Å². The summed E-state index contributed by atoms with van der Waals surface area (Å²) in [6, 6.07) is -4.26. The van der Waals surface area contributed by atoms with E-state index in [1.165, 1.54) is 0 Å². The van der Waals surface area contributed by atoms with Crippen molar-refractivity contribution < 1.29 is 48.2 Å². The first-order chi connectivity index (χ1) is 25.8. The van der Waals surface area contributed by atoms with Crippen LogP contribution in [0.5, 0.6) is 5.75 Å². The number of nitrogens with one attached hydrogen (secondary N) is 5. The number of carbonyl (C=O) groups is 8. The molecule has 10 N–H and O–H groups in total. The minimum atomic E-state index is -1.66. The molecule has 1 rings (SSSR count). The van der Waals surface area contributed by atoms with E-state index in [9.17, 15) is 43.5 Å². The molecule has 0 aliphatic rings. The van der Waals surface area contributed by atoms with Gasteiger partial charge in [-0.25, -0.2) is 0 Å². The molecule has 0 fully saturated rings. The van der Waals surface area contributed by atoms with Crippen LogP contribution in [0.2, 0.25) is 0 Å². The fourth-order valence-electron chi connectivity index (χ4n) is 5.30. The summed E-state index contributed by atoms with van der Waals surface area (Å²) in [5.74, 6) is -6.91. The van der Waals surface area contributed by atoms with E-state index in [1.807, 2.05) is 59.0 Å². The van der Waals surface area contributed by atoms with Gasteiger partial charge in [0.05, 0.1) is 32.1 Å². The maximum absolute atomic E-state index is 13.7. The fourth-order valence-corrected chi connectivity index (χ4v) is 7.20. The summed E-state index contributed by atoms with van der Waals surface area (Å²) in [7, 11) is 0. The Morgan fingerprint density at radius 1 is 0.750 bits per heavy atom. The largest absolute Gasteiger partial charge is 0.506 e. The predicted molar refractivity (Wildman–Crippen MR) is 224 cm³/mol. The summed E-state index contributed by atoms with van der Waals surface area (Å²) in [5.41, 5.74) is 11.4. The summed E-state index contributed by atoms with van der Waals surface area (Å²) in [4.78, 5) is 104.